The first-order chi connectivity index (χ1) is 7.72. The van der Waals surface area contributed by atoms with Crippen molar-refractivity contribution in [3.63, 3.8) is 0 Å². The lowest BCUT2D eigenvalue weighted by molar-refractivity contribution is -0.127. The smallest absolute Gasteiger partial charge is 0.219 e. The van der Waals surface area contributed by atoms with Gasteiger partial charge in [0.1, 0.15) is 0 Å². The van der Waals surface area contributed by atoms with Crippen molar-refractivity contribution < 1.29 is 9.59 Å². The Bertz CT molecular complexity index is 194. The fourth-order valence-electron chi connectivity index (χ4n) is 0.223. The molecule has 5 heteroatoms. The number of hydrogen-bond acceptors (Lipinski definition) is 3. The number of amides is 2. The van der Waals surface area contributed by atoms with Crippen molar-refractivity contribution in [2.24, 2.45) is 0 Å². The molecule has 0 atom stereocenters. The minimum atomic E-state index is 0.00463. The van der Waals surface area contributed by atoms with Crippen LogP contribution in [0.3, 0.4) is 0 Å². The number of nitrogens with zero attached hydrogens (tertiary/aromatic N) is 2. The summed E-state index contributed by atoms with van der Waals surface area (Å²) in [5.41, 5.74) is 0. The normalized spacial score (nSPS) is 8.29. The predicted molar refractivity (Wildman–Crippen MR) is 73.0 cm³/mol. The minimum absolute atomic E-state index is 0.00463. The first-order valence-corrected chi connectivity index (χ1v) is 5.77. The van der Waals surface area contributed by atoms with Crippen LogP contribution in [0.1, 0.15) is 27.7 Å². The largest absolute Gasteiger partial charge is 0.359 e. The summed E-state index contributed by atoms with van der Waals surface area (Å²) in [6, 6.07) is 0. The molecule has 0 rings (SSSR count). The molecule has 1 N–H and O–H groups in total. The van der Waals surface area contributed by atoms with E-state index in [-0.39, 0.29) is 11.8 Å². The molecule has 0 bridgehead atoms. The minimum Gasteiger partial charge on any atom is -0.359 e. The zero-order valence-corrected chi connectivity index (χ0v) is 12.6. The number of carbonyl (C=O) groups excluding carboxylic acids is 2. The Hall–Kier alpha value is -1.10. The quantitative estimate of drug-likeness (QED) is 0.785. The molecule has 0 aliphatic heterocycles. The van der Waals surface area contributed by atoms with Gasteiger partial charge >= 0.3 is 0 Å². The van der Waals surface area contributed by atoms with E-state index in [1.54, 1.807) is 25.9 Å². The first-order valence-electron chi connectivity index (χ1n) is 5.77. The molecular weight excluding hydrogens is 218 g/mol. The Morgan fingerprint density at radius 1 is 1.00 bits per heavy atom. The summed E-state index contributed by atoms with van der Waals surface area (Å²) in [5.74, 6) is 0.132. The summed E-state index contributed by atoms with van der Waals surface area (Å²) < 4.78 is 0. The average Bonchev–Trinajstić information content (AvgIpc) is 2.29. The second-order valence-corrected chi connectivity index (χ2v) is 3.74. The number of nitrogens with one attached hydrogen (secondary N) is 1. The van der Waals surface area contributed by atoms with E-state index < -0.39 is 0 Å². The van der Waals surface area contributed by atoms with Gasteiger partial charge < -0.3 is 15.1 Å². The second-order valence-electron chi connectivity index (χ2n) is 3.74. The van der Waals surface area contributed by atoms with Crippen molar-refractivity contribution in [2.75, 3.05) is 41.3 Å². The zero-order chi connectivity index (χ0) is 14.4. The van der Waals surface area contributed by atoms with Crippen molar-refractivity contribution in [3.05, 3.63) is 0 Å². The molecule has 0 radical (unpaired) electrons. The highest BCUT2D eigenvalue weighted by Crippen LogP contribution is 1.78. The van der Waals surface area contributed by atoms with Crippen molar-refractivity contribution in [3.8, 4) is 0 Å². The third kappa shape index (κ3) is 31.3. The Morgan fingerprint density at radius 3 is 1.29 bits per heavy atom. The Labute approximate surface area is 106 Å². The van der Waals surface area contributed by atoms with Crippen molar-refractivity contribution in [2.45, 2.75) is 27.7 Å². The highest BCUT2D eigenvalue weighted by Gasteiger charge is 1.93. The highest BCUT2D eigenvalue weighted by atomic mass is 16.2. The van der Waals surface area contributed by atoms with Crippen molar-refractivity contribution in [1.82, 2.24) is 15.1 Å². The monoisotopic (exact) mass is 247 g/mol. The molecule has 0 aliphatic rings. The van der Waals surface area contributed by atoms with Crippen LogP contribution in [0.5, 0.6) is 0 Å². The third-order valence-corrected chi connectivity index (χ3v) is 2.00. The maximum Gasteiger partial charge on any atom is 0.219 e. The van der Waals surface area contributed by atoms with Crippen LogP contribution in [0.15, 0.2) is 0 Å². The van der Waals surface area contributed by atoms with Gasteiger partial charge in [-0.2, -0.15) is 0 Å². The average molecular weight is 247 g/mol. The Kier molecular flexibility index (Phi) is 18.6. The van der Waals surface area contributed by atoms with Gasteiger partial charge in [0.2, 0.25) is 11.8 Å². The lowest BCUT2D eigenvalue weighted by Gasteiger charge is -2.09. The van der Waals surface area contributed by atoms with E-state index >= 15 is 0 Å². The van der Waals surface area contributed by atoms with E-state index in [4.69, 9.17) is 0 Å². The van der Waals surface area contributed by atoms with Gasteiger partial charge in [0.15, 0.2) is 0 Å². The Morgan fingerprint density at radius 2 is 1.29 bits per heavy atom. The van der Waals surface area contributed by atoms with Gasteiger partial charge in [-0.25, -0.2) is 0 Å². The molecule has 0 spiro atoms. The van der Waals surface area contributed by atoms with Crippen LogP contribution in [0.25, 0.3) is 0 Å². The van der Waals surface area contributed by atoms with Crippen LogP contribution in [-0.4, -0.2) is 62.9 Å². The molecule has 0 heterocycles. The summed E-state index contributed by atoms with van der Waals surface area (Å²) in [4.78, 5) is 23.8. The van der Waals surface area contributed by atoms with Crippen molar-refractivity contribution >= 4 is 11.8 Å². The molecule has 104 valence electrons. The molecule has 5 nitrogen and oxygen atoms in total. The summed E-state index contributed by atoms with van der Waals surface area (Å²) in [6.07, 6.45) is 0. The number of carbonyl (C=O) groups is 2. The number of rotatable bonds is 2. The van der Waals surface area contributed by atoms with Crippen LogP contribution >= 0.6 is 0 Å². The first kappa shape index (κ1) is 21.2. The van der Waals surface area contributed by atoms with Gasteiger partial charge in [-0.1, -0.05) is 6.92 Å². The van der Waals surface area contributed by atoms with Gasteiger partial charge in [0.05, 0.1) is 0 Å². The lowest BCUT2D eigenvalue weighted by atomic mass is 10.6. The van der Waals surface area contributed by atoms with E-state index in [1.807, 2.05) is 6.92 Å². The molecule has 0 aromatic heterocycles. The van der Waals surface area contributed by atoms with E-state index in [9.17, 15) is 9.59 Å². The van der Waals surface area contributed by atoms with Gasteiger partial charge in [-0.3, -0.25) is 9.59 Å². The lowest BCUT2D eigenvalue weighted by Crippen LogP contribution is -2.22. The number of hydrogen-bond donors (Lipinski definition) is 1. The molecule has 0 aromatic carbocycles. The second kappa shape index (κ2) is 14.9. The van der Waals surface area contributed by atoms with Gasteiger partial charge in [-0.15, -0.1) is 0 Å². The van der Waals surface area contributed by atoms with E-state index in [0.717, 1.165) is 13.1 Å². The SMILES string of the molecule is CCN(C)C.CCN(C)C(C)=O.CNC(C)=O. The standard InChI is InChI=1S/C5H11NO.C4H11N.C3H7NO/c1-4-6(3)5(2)7;1-4-5(2)3;1-3(5)4-2/h4H2,1-3H3;4H2,1-3H3;1-2H3,(H,4,5). The van der Waals surface area contributed by atoms with Crippen LogP contribution in [-0.2, 0) is 9.59 Å². The van der Waals surface area contributed by atoms with E-state index in [2.05, 4.69) is 31.2 Å². The Balaban J connectivity index is -0.000000177. The molecular formula is C12H29N3O2. The maximum absolute atomic E-state index is 10.3. The van der Waals surface area contributed by atoms with Crippen molar-refractivity contribution in [1.29, 1.82) is 0 Å². The molecule has 0 saturated heterocycles. The summed E-state index contributed by atoms with van der Waals surface area (Å²) in [5, 5.41) is 2.39. The van der Waals surface area contributed by atoms with Crippen LogP contribution in [0.2, 0.25) is 0 Å². The molecule has 17 heavy (non-hydrogen) atoms. The molecule has 0 aromatic rings. The van der Waals surface area contributed by atoms with Crippen LogP contribution < -0.4 is 5.32 Å². The van der Waals surface area contributed by atoms with Gasteiger partial charge in [0.25, 0.3) is 0 Å². The van der Waals surface area contributed by atoms with Crippen LogP contribution in [0.4, 0.5) is 0 Å². The predicted octanol–water partition coefficient (Wildman–Crippen LogP) is 0.805. The maximum atomic E-state index is 10.3. The summed E-state index contributed by atoms with van der Waals surface area (Å²) in [7, 11) is 7.49. The molecule has 0 fully saturated rings. The van der Waals surface area contributed by atoms with E-state index in [0.29, 0.717) is 0 Å². The molecule has 0 aliphatic carbocycles. The fraction of sp³-hybridized carbons (Fsp3) is 0.833. The van der Waals surface area contributed by atoms with E-state index in [1.165, 1.54) is 6.92 Å². The fourth-order valence-corrected chi connectivity index (χ4v) is 0.223. The zero-order valence-electron chi connectivity index (χ0n) is 12.6. The van der Waals surface area contributed by atoms with Gasteiger partial charge in [0, 0.05) is 34.5 Å². The molecule has 0 unspecified atom stereocenters. The molecule has 2 amide bonds. The van der Waals surface area contributed by atoms with Crippen LogP contribution in [0, 0.1) is 0 Å². The summed E-state index contributed by atoms with van der Waals surface area (Å²) >= 11 is 0. The van der Waals surface area contributed by atoms with Gasteiger partial charge in [-0.05, 0) is 27.6 Å². The molecule has 0 saturated carbocycles. The topological polar surface area (TPSA) is 52.6 Å². The highest BCUT2D eigenvalue weighted by molar-refractivity contribution is 5.72. The third-order valence-electron chi connectivity index (χ3n) is 2.00. The summed E-state index contributed by atoms with van der Waals surface area (Å²) in [6.45, 7) is 9.04.